The Balaban J connectivity index is 3.19. The molecule has 0 bridgehead atoms. The zero-order valence-electron chi connectivity index (χ0n) is 20.0. The van der Waals surface area contributed by atoms with Crippen molar-refractivity contribution in [1.82, 2.24) is 15.5 Å². The van der Waals surface area contributed by atoms with Crippen LogP contribution in [0.15, 0.2) is 24.3 Å². The fraction of sp³-hybridized carbons (Fsp3) is 0.565. The number of carbonyl (C=O) groups excluding carboxylic acids is 4. The summed E-state index contributed by atoms with van der Waals surface area (Å²) in [6.45, 7) is 6.50. The van der Waals surface area contributed by atoms with Crippen LogP contribution in [0, 0.1) is 0 Å². The minimum Gasteiger partial charge on any atom is -0.508 e. The molecule has 0 saturated carbocycles. The van der Waals surface area contributed by atoms with E-state index < -0.39 is 48.6 Å². The molecule has 0 fully saturated rings. The number of methoxy groups -OCH3 is 1. The molecular weight excluding hydrogens is 430 g/mol. The summed E-state index contributed by atoms with van der Waals surface area (Å²) in [5.41, 5.74) is -0.540. The Hall–Kier alpha value is -3.30. The fourth-order valence-electron chi connectivity index (χ4n) is 2.99. The van der Waals surface area contributed by atoms with Gasteiger partial charge in [0.05, 0.1) is 7.11 Å². The van der Waals surface area contributed by atoms with Gasteiger partial charge in [0.2, 0.25) is 11.8 Å². The summed E-state index contributed by atoms with van der Waals surface area (Å²) in [7, 11) is 1.19. The molecule has 184 valence electrons. The maximum absolute atomic E-state index is 13.1. The molecule has 0 radical (unpaired) electrons. The molecule has 1 aromatic rings. The van der Waals surface area contributed by atoms with Gasteiger partial charge in [0.1, 0.15) is 30.5 Å². The predicted molar refractivity (Wildman–Crippen MR) is 121 cm³/mol. The zero-order chi connectivity index (χ0) is 25.0. The number of esters is 1. The number of benzene rings is 1. The van der Waals surface area contributed by atoms with Crippen molar-refractivity contribution in [1.29, 1.82) is 0 Å². The second-order valence-corrected chi connectivity index (χ2v) is 8.40. The first-order chi connectivity index (χ1) is 15.5. The van der Waals surface area contributed by atoms with Crippen molar-refractivity contribution in [3.63, 3.8) is 0 Å². The van der Waals surface area contributed by atoms with Crippen molar-refractivity contribution in [2.75, 3.05) is 26.7 Å². The Bertz CT molecular complexity index is 821. The van der Waals surface area contributed by atoms with Crippen LogP contribution in [0.4, 0.5) is 4.79 Å². The van der Waals surface area contributed by atoms with Gasteiger partial charge in [-0.1, -0.05) is 38.0 Å². The van der Waals surface area contributed by atoms with Crippen LogP contribution in [-0.2, 0) is 23.9 Å². The van der Waals surface area contributed by atoms with Gasteiger partial charge in [-0.05, 0) is 33.3 Å². The van der Waals surface area contributed by atoms with E-state index in [0.29, 0.717) is 6.42 Å². The molecule has 3 amide bonds. The molecule has 0 aliphatic heterocycles. The lowest BCUT2D eigenvalue weighted by Gasteiger charge is -2.32. The smallest absolute Gasteiger partial charge is 0.408 e. The van der Waals surface area contributed by atoms with Crippen LogP contribution < -0.4 is 10.6 Å². The van der Waals surface area contributed by atoms with Gasteiger partial charge in [-0.3, -0.25) is 14.4 Å². The minimum absolute atomic E-state index is 0.177. The van der Waals surface area contributed by atoms with Crippen LogP contribution in [-0.4, -0.2) is 66.2 Å². The van der Waals surface area contributed by atoms with Gasteiger partial charge in [-0.2, -0.15) is 0 Å². The van der Waals surface area contributed by atoms with Gasteiger partial charge < -0.3 is 30.1 Å². The number of carbonyl (C=O) groups is 4. The van der Waals surface area contributed by atoms with E-state index in [1.165, 1.54) is 24.1 Å². The molecule has 3 N–H and O–H groups in total. The largest absolute Gasteiger partial charge is 0.508 e. The van der Waals surface area contributed by atoms with Gasteiger partial charge in [0, 0.05) is 12.1 Å². The first-order valence-corrected chi connectivity index (χ1v) is 10.9. The topological polar surface area (TPSA) is 134 Å². The summed E-state index contributed by atoms with van der Waals surface area (Å²) in [5, 5.41) is 15.3. The van der Waals surface area contributed by atoms with Gasteiger partial charge in [0.25, 0.3) is 0 Å². The Morgan fingerprint density at radius 2 is 1.73 bits per heavy atom. The van der Waals surface area contributed by atoms with Crippen LogP contribution in [0.5, 0.6) is 5.75 Å². The fourth-order valence-corrected chi connectivity index (χ4v) is 2.99. The van der Waals surface area contributed by atoms with E-state index >= 15 is 0 Å². The summed E-state index contributed by atoms with van der Waals surface area (Å²) < 4.78 is 9.72. The second-order valence-electron chi connectivity index (χ2n) is 8.40. The van der Waals surface area contributed by atoms with Crippen LogP contribution in [0.3, 0.4) is 0 Å². The maximum atomic E-state index is 13.1. The lowest BCUT2D eigenvalue weighted by molar-refractivity contribution is -0.143. The average molecular weight is 466 g/mol. The molecule has 0 heterocycles. The SMILES string of the molecule is CCCCCN(C(=O)CNC(=O)OC(C)(C)C)C(C(=O)NCC(=O)OC)c1ccccc1O. The number of hydrogen-bond acceptors (Lipinski definition) is 7. The van der Waals surface area contributed by atoms with Crippen LogP contribution in [0.25, 0.3) is 0 Å². The number of phenolic OH excluding ortho intramolecular Hbond substituents is 1. The second kappa shape index (κ2) is 13.3. The number of unbranched alkanes of at least 4 members (excludes halogenated alkanes) is 2. The first-order valence-electron chi connectivity index (χ1n) is 10.9. The Kier molecular flexibility index (Phi) is 11.2. The van der Waals surface area contributed by atoms with E-state index in [4.69, 9.17) is 4.74 Å². The molecule has 0 spiro atoms. The molecule has 10 nitrogen and oxygen atoms in total. The highest BCUT2D eigenvalue weighted by atomic mass is 16.6. The highest BCUT2D eigenvalue weighted by Crippen LogP contribution is 2.29. The Labute approximate surface area is 194 Å². The summed E-state index contributed by atoms with van der Waals surface area (Å²) in [4.78, 5) is 51.0. The molecule has 1 rings (SSSR count). The summed E-state index contributed by atoms with van der Waals surface area (Å²) in [6.07, 6.45) is 1.52. The predicted octanol–water partition coefficient (Wildman–Crippen LogP) is 2.27. The van der Waals surface area contributed by atoms with Crippen molar-refractivity contribution in [2.24, 2.45) is 0 Å². The van der Waals surface area contributed by atoms with E-state index in [9.17, 15) is 24.3 Å². The molecule has 0 saturated heterocycles. The van der Waals surface area contributed by atoms with E-state index in [0.717, 1.165) is 12.8 Å². The molecule has 33 heavy (non-hydrogen) atoms. The third kappa shape index (κ3) is 9.80. The van der Waals surface area contributed by atoms with Crippen molar-refractivity contribution < 1.29 is 33.8 Å². The highest BCUT2D eigenvalue weighted by molar-refractivity contribution is 5.92. The number of hydrogen-bond donors (Lipinski definition) is 3. The summed E-state index contributed by atoms with van der Waals surface area (Å²) >= 11 is 0. The number of nitrogens with zero attached hydrogens (tertiary/aromatic N) is 1. The van der Waals surface area contributed by atoms with Crippen LogP contribution in [0.1, 0.15) is 58.6 Å². The normalized spacial score (nSPS) is 11.8. The molecule has 0 aromatic heterocycles. The van der Waals surface area contributed by atoms with Crippen molar-refractivity contribution in [3.8, 4) is 5.75 Å². The van der Waals surface area contributed by atoms with Crippen molar-refractivity contribution in [3.05, 3.63) is 29.8 Å². The van der Waals surface area contributed by atoms with Gasteiger partial charge in [-0.25, -0.2) is 4.79 Å². The number of nitrogens with one attached hydrogen (secondary N) is 2. The molecule has 1 unspecified atom stereocenters. The van der Waals surface area contributed by atoms with E-state index in [-0.39, 0.29) is 17.9 Å². The Morgan fingerprint density at radius 1 is 1.06 bits per heavy atom. The summed E-state index contributed by atoms with van der Waals surface area (Å²) in [6, 6.07) is 4.93. The average Bonchev–Trinajstić information content (AvgIpc) is 2.75. The quantitative estimate of drug-likeness (QED) is 0.337. The lowest BCUT2D eigenvalue weighted by atomic mass is 10.0. The molecule has 10 heteroatoms. The number of ether oxygens (including phenoxy) is 2. The number of aromatic hydroxyl groups is 1. The molecule has 0 aliphatic rings. The molecule has 0 aliphatic carbocycles. The summed E-state index contributed by atoms with van der Waals surface area (Å²) in [5.74, 6) is -2.04. The number of phenols is 1. The maximum Gasteiger partial charge on any atom is 0.408 e. The number of amides is 3. The van der Waals surface area contributed by atoms with Gasteiger partial charge in [-0.15, -0.1) is 0 Å². The van der Waals surface area contributed by atoms with Crippen molar-refractivity contribution >= 4 is 23.9 Å². The van der Waals surface area contributed by atoms with Crippen LogP contribution in [0.2, 0.25) is 0 Å². The monoisotopic (exact) mass is 465 g/mol. The van der Waals surface area contributed by atoms with Gasteiger partial charge >= 0.3 is 12.1 Å². The molecule has 1 aromatic carbocycles. The Morgan fingerprint density at radius 3 is 2.30 bits per heavy atom. The number of para-hydroxylation sites is 1. The third-order valence-corrected chi connectivity index (χ3v) is 4.53. The van der Waals surface area contributed by atoms with E-state index in [1.54, 1.807) is 32.9 Å². The van der Waals surface area contributed by atoms with E-state index in [2.05, 4.69) is 15.4 Å². The van der Waals surface area contributed by atoms with E-state index in [1.807, 2.05) is 6.92 Å². The minimum atomic E-state index is -1.22. The number of rotatable bonds is 11. The third-order valence-electron chi connectivity index (χ3n) is 4.53. The highest BCUT2D eigenvalue weighted by Gasteiger charge is 2.33. The number of alkyl carbamates (subject to hydrolysis) is 1. The van der Waals surface area contributed by atoms with Crippen LogP contribution >= 0.6 is 0 Å². The lowest BCUT2D eigenvalue weighted by Crippen LogP contribution is -2.48. The van der Waals surface area contributed by atoms with Gasteiger partial charge in [0.15, 0.2) is 0 Å². The molecule has 1 atom stereocenters. The molecular formula is C23H35N3O7. The zero-order valence-corrected chi connectivity index (χ0v) is 20.0. The standard InChI is InChI=1S/C23H35N3O7/c1-6-7-10-13-26(18(28)14-25-22(31)33-23(2,3)4)20(16-11-8-9-12-17(16)27)21(30)24-15-19(29)32-5/h8-9,11-12,20,27H,6-7,10,13-15H2,1-5H3,(H,24,30)(H,25,31). The first kappa shape index (κ1) is 27.7. The van der Waals surface area contributed by atoms with Crippen molar-refractivity contribution in [2.45, 2.75) is 58.6 Å².